The standard InChI is InChI=1S/C16H22O3Si/c1-7-15(17)18-13-11-9-8-10-12-14-19-20(5,6)16(2,3)4/h1H,12-14H2,2-6H3. The van der Waals surface area contributed by atoms with Gasteiger partial charge in [0.15, 0.2) is 14.9 Å². The Morgan fingerprint density at radius 1 is 1.20 bits per heavy atom. The Bertz CT molecular complexity index is 484. The molecule has 0 radical (unpaired) electrons. The summed E-state index contributed by atoms with van der Waals surface area (Å²) >= 11 is 0. The van der Waals surface area contributed by atoms with E-state index in [1.165, 1.54) is 0 Å². The first-order chi connectivity index (χ1) is 9.20. The van der Waals surface area contributed by atoms with E-state index >= 15 is 0 Å². The van der Waals surface area contributed by atoms with Crippen molar-refractivity contribution in [1.29, 1.82) is 0 Å². The molecule has 0 fully saturated rings. The van der Waals surface area contributed by atoms with Crippen LogP contribution in [-0.2, 0) is 14.0 Å². The van der Waals surface area contributed by atoms with Gasteiger partial charge in [0.1, 0.15) is 0 Å². The quantitative estimate of drug-likeness (QED) is 0.262. The Balaban J connectivity index is 3.94. The molecule has 0 aliphatic rings. The van der Waals surface area contributed by atoms with Crippen molar-refractivity contribution in [2.24, 2.45) is 0 Å². The average Bonchev–Trinajstić information content (AvgIpc) is 2.34. The van der Waals surface area contributed by atoms with E-state index in [2.05, 4.69) is 62.3 Å². The Hall–Kier alpha value is -1.67. The third kappa shape index (κ3) is 7.69. The fourth-order valence-corrected chi connectivity index (χ4v) is 1.95. The lowest BCUT2D eigenvalue weighted by Gasteiger charge is -2.35. The first-order valence-corrected chi connectivity index (χ1v) is 9.34. The molecule has 0 saturated heterocycles. The summed E-state index contributed by atoms with van der Waals surface area (Å²) in [5.41, 5.74) is 0. The molecule has 0 N–H and O–H groups in total. The molecule has 0 aromatic rings. The summed E-state index contributed by atoms with van der Waals surface area (Å²) in [6.07, 6.45) is 5.47. The molecular formula is C16H22O3Si. The lowest BCUT2D eigenvalue weighted by Crippen LogP contribution is -2.40. The molecule has 0 aromatic heterocycles. The molecule has 0 saturated carbocycles. The van der Waals surface area contributed by atoms with E-state index in [9.17, 15) is 4.79 Å². The molecule has 4 heteroatoms. The molecule has 0 aliphatic heterocycles. The fourth-order valence-electron chi connectivity index (χ4n) is 0.904. The molecule has 0 rings (SSSR count). The van der Waals surface area contributed by atoms with Crippen molar-refractivity contribution in [2.45, 2.75) is 45.3 Å². The molecule has 3 nitrogen and oxygen atoms in total. The molecule has 0 amide bonds. The highest BCUT2D eigenvalue weighted by atomic mass is 28.4. The summed E-state index contributed by atoms with van der Waals surface area (Å²) < 4.78 is 10.5. The van der Waals surface area contributed by atoms with E-state index in [1.807, 2.05) is 5.92 Å². The lowest BCUT2D eigenvalue weighted by molar-refractivity contribution is -0.135. The van der Waals surface area contributed by atoms with Crippen LogP contribution in [0.25, 0.3) is 0 Å². The van der Waals surface area contributed by atoms with Crippen LogP contribution >= 0.6 is 0 Å². The number of carbonyl (C=O) groups is 1. The van der Waals surface area contributed by atoms with E-state index in [4.69, 9.17) is 10.8 Å². The van der Waals surface area contributed by atoms with E-state index in [-0.39, 0.29) is 11.6 Å². The average molecular weight is 290 g/mol. The van der Waals surface area contributed by atoms with Gasteiger partial charge in [0.25, 0.3) is 0 Å². The smallest absolute Gasteiger partial charge is 0.385 e. The molecule has 0 bridgehead atoms. The second kappa shape index (κ2) is 8.49. The second-order valence-corrected chi connectivity index (χ2v) is 10.5. The zero-order valence-corrected chi connectivity index (χ0v) is 13.9. The maximum absolute atomic E-state index is 10.6. The van der Waals surface area contributed by atoms with E-state index < -0.39 is 14.3 Å². The van der Waals surface area contributed by atoms with Crippen molar-refractivity contribution in [2.75, 3.05) is 13.2 Å². The highest BCUT2D eigenvalue weighted by molar-refractivity contribution is 6.74. The topological polar surface area (TPSA) is 35.5 Å². The number of terminal acetylenes is 1. The van der Waals surface area contributed by atoms with Crippen molar-refractivity contribution >= 4 is 14.3 Å². The van der Waals surface area contributed by atoms with Gasteiger partial charge in [-0.1, -0.05) is 26.7 Å². The minimum absolute atomic E-state index is 0.0296. The molecule has 0 spiro atoms. The number of carbonyl (C=O) groups excluding carboxylic acids is 1. The second-order valence-electron chi connectivity index (χ2n) is 5.68. The number of hydrogen-bond acceptors (Lipinski definition) is 3. The van der Waals surface area contributed by atoms with E-state index in [1.54, 1.807) is 0 Å². The minimum atomic E-state index is -1.68. The number of rotatable bonds is 4. The summed E-state index contributed by atoms with van der Waals surface area (Å²) in [6.45, 7) is 11.6. The summed E-state index contributed by atoms with van der Waals surface area (Å²) in [5, 5.41) is 0.209. The van der Waals surface area contributed by atoms with E-state index in [0.717, 1.165) is 0 Å². The van der Waals surface area contributed by atoms with Crippen LogP contribution in [0.4, 0.5) is 0 Å². The number of ether oxygens (including phenoxy) is 1. The molecular weight excluding hydrogens is 268 g/mol. The first kappa shape index (κ1) is 18.3. The molecule has 0 heterocycles. The number of hydrogen-bond donors (Lipinski definition) is 0. The number of esters is 1. The maximum atomic E-state index is 10.6. The lowest BCUT2D eigenvalue weighted by atomic mass is 10.2. The van der Waals surface area contributed by atoms with Crippen LogP contribution in [0.1, 0.15) is 27.2 Å². The van der Waals surface area contributed by atoms with Crippen LogP contribution < -0.4 is 0 Å². The zero-order valence-electron chi connectivity index (χ0n) is 12.9. The van der Waals surface area contributed by atoms with Gasteiger partial charge in [-0.15, -0.1) is 6.42 Å². The van der Waals surface area contributed by atoms with Crippen LogP contribution in [-0.4, -0.2) is 27.5 Å². The predicted molar refractivity (Wildman–Crippen MR) is 83.1 cm³/mol. The van der Waals surface area contributed by atoms with Gasteiger partial charge in [-0.05, 0) is 35.9 Å². The van der Waals surface area contributed by atoms with Gasteiger partial charge in [0.05, 0.1) is 0 Å². The van der Waals surface area contributed by atoms with Crippen molar-refractivity contribution in [1.82, 2.24) is 0 Å². The van der Waals surface area contributed by atoms with Crippen LogP contribution in [0.5, 0.6) is 0 Å². The van der Waals surface area contributed by atoms with Crippen molar-refractivity contribution in [3.8, 4) is 36.0 Å². The Labute approximate surface area is 123 Å². The van der Waals surface area contributed by atoms with Gasteiger partial charge in [-0.2, -0.15) is 0 Å². The third-order valence-corrected chi connectivity index (χ3v) is 7.67. The van der Waals surface area contributed by atoms with Crippen molar-refractivity contribution < 1.29 is 14.0 Å². The molecule has 0 aliphatic carbocycles. The minimum Gasteiger partial charge on any atom is -0.443 e. The molecule has 0 unspecified atom stereocenters. The summed E-state index contributed by atoms with van der Waals surface area (Å²) in [6, 6.07) is 0. The Morgan fingerprint density at radius 3 is 2.35 bits per heavy atom. The Morgan fingerprint density at radius 2 is 1.80 bits per heavy atom. The monoisotopic (exact) mass is 290 g/mol. The highest BCUT2D eigenvalue weighted by Gasteiger charge is 2.36. The van der Waals surface area contributed by atoms with Crippen LogP contribution in [0.15, 0.2) is 0 Å². The normalized spacial score (nSPS) is 10.4. The third-order valence-electron chi connectivity index (χ3n) is 3.13. The van der Waals surface area contributed by atoms with Crippen LogP contribution in [0, 0.1) is 36.0 Å². The predicted octanol–water partition coefficient (Wildman–Crippen LogP) is 2.58. The van der Waals surface area contributed by atoms with Gasteiger partial charge < -0.3 is 9.16 Å². The summed E-state index contributed by atoms with van der Waals surface area (Å²) in [7, 11) is -1.68. The SMILES string of the molecule is C#CC(=O)OCC#CC#CCCO[Si](C)(C)C(C)(C)C. The fraction of sp³-hybridized carbons (Fsp3) is 0.562. The summed E-state index contributed by atoms with van der Waals surface area (Å²) in [5.74, 6) is 11.9. The maximum Gasteiger partial charge on any atom is 0.385 e. The zero-order chi connectivity index (χ0) is 15.6. The molecule has 108 valence electrons. The molecule has 0 aromatic carbocycles. The molecule has 20 heavy (non-hydrogen) atoms. The van der Waals surface area contributed by atoms with Gasteiger partial charge in [0, 0.05) is 18.9 Å². The summed E-state index contributed by atoms with van der Waals surface area (Å²) in [4.78, 5) is 10.6. The van der Waals surface area contributed by atoms with Gasteiger partial charge >= 0.3 is 5.97 Å². The van der Waals surface area contributed by atoms with Gasteiger partial charge in [0.2, 0.25) is 0 Å². The molecule has 0 atom stereocenters. The Kier molecular flexibility index (Phi) is 7.78. The highest BCUT2D eigenvalue weighted by Crippen LogP contribution is 2.36. The van der Waals surface area contributed by atoms with Gasteiger partial charge in [-0.25, -0.2) is 4.79 Å². The van der Waals surface area contributed by atoms with Crippen LogP contribution in [0.3, 0.4) is 0 Å². The van der Waals surface area contributed by atoms with Crippen molar-refractivity contribution in [3.63, 3.8) is 0 Å². The van der Waals surface area contributed by atoms with Crippen molar-refractivity contribution in [3.05, 3.63) is 0 Å². The first-order valence-electron chi connectivity index (χ1n) is 6.44. The largest absolute Gasteiger partial charge is 0.443 e. The van der Waals surface area contributed by atoms with Gasteiger partial charge in [-0.3, -0.25) is 0 Å². The van der Waals surface area contributed by atoms with E-state index in [0.29, 0.717) is 13.0 Å². The van der Waals surface area contributed by atoms with Crippen LogP contribution in [0.2, 0.25) is 18.1 Å².